The van der Waals surface area contributed by atoms with E-state index in [1.54, 1.807) is 6.08 Å². The van der Waals surface area contributed by atoms with Crippen molar-refractivity contribution in [2.24, 2.45) is 0 Å². The largest absolute Gasteiger partial charge is 0.310 e. The monoisotopic (exact) mass is 373 g/mol. The maximum Gasteiger partial charge on any atom is 0.0533 e. The number of benzene rings is 4. The molecule has 140 valence electrons. The second kappa shape index (κ2) is 8.90. The quantitative estimate of drug-likeness (QED) is 0.309. The Bertz CT molecular complexity index is 1110. The number of hydrogen-bond acceptors (Lipinski definition) is 1. The Morgan fingerprint density at radius 2 is 1.21 bits per heavy atom. The Balaban J connectivity index is 1.88. The first-order valence-electron chi connectivity index (χ1n) is 9.75. The minimum absolute atomic E-state index is 1.12. The van der Waals surface area contributed by atoms with E-state index in [1.807, 2.05) is 18.2 Å². The number of hydrogen-bond donors (Lipinski definition) is 0. The Kier molecular flexibility index (Phi) is 5.68. The van der Waals surface area contributed by atoms with E-state index in [0.717, 1.165) is 22.6 Å². The molecule has 4 rings (SSSR count). The molecular formula is C28H23N. The van der Waals surface area contributed by atoms with E-state index < -0.39 is 0 Å². The second-order valence-corrected chi connectivity index (χ2v) is 6.74. The topological polar surface area (TPSA) is 3.24 Å². The van der Waals surface area contributed by atoms with Gasteiger partial charge >= 0.3 is 0 Å². The number of anilines is 3. The van der Waals surface area contributed by atoms with Crippen molar-refractivity contribution in [3.8, 4) is 11.1 Å². The molecule has 0 saturated heterocycles. The van der Waals surface area contributed by atoms with Crippen LogP contribution in [0.1, 0.15) is 5.56 Å². The molecule has 0 aromatic heterocycles. The van der Waals surface area contributed by atoms with E-state index in [2.05, 4.69) is 115 Å². The van der Waals surface area contributed by atoms with Gasteiger partial charge in [0.2, 0.25) is 0 Å². The van der Waals surface area contributed by atoms with Gasteiger partial charge in [-0.2, -0.15) is 0 Å². The molecule has 0 spiro atoms. The van der Waals surface area contributed by atoms with Crippen molar-refractivity contribution in [1.82, 2.24) is 0 Å². The number of rotatable bonds is 6. The van der Waals surface area contributed by atoms with Crippen molar-refractivity contribution in [3.05, 3.63) is 133 Å². The molecule has 0 heterocycles. The van der Waals surface area contributed by atoms with E-state index in [-0.39, 0.29) is 0 Å². The molecule has 4 aromatic carbocycles. The maximum absolute atomic E-state index is 3.81. The molecule has 4 aromatic rings. The van der Waals surface area contributed by atoms with Crippen LogP contribution in [0.25, 0.3) is 17.2 Å². The first-order valence-corrected chi connectivity index (χ1v) is 9.75. The zero-order valence-corrected chi connectivity index (χ0v) is 16.3. The van der Waals surface area contributed by atoms with Crippen molar-refractivity contribution in [2.45, 2.75) is 0 Å². The average Bonchev–Trinajstić information content (AvgIpc) is 2.80. The lowest BCUT2D eigenvalue weighted by Crippen LogP contribution is -2.11. The Morgan fingerprint density at radius 1 is 0.586 bits per heavy atom. The first-order chi connectivity index (χ1) is 14.4. The highest BCUT2D eigenvalue weighted by atomic mass is 15.1. The van der Waals surface area contributed by atoms with E-state index in [9.17, 15) is 0 Å². The molecule has 1 nitrogen and oxygen atoms in total. The molecule has 0 aliphatic carbocycles. The molecule has 0 bridgehead atoms. The van der Waals surface area contributed by atoms with Gasteiger partial charge in [0, 0.05) is 11.4 Å². The minimum Gasteiger partial charge on any atom is -0.310 e. The molecule has 0 aliphatic heterocycles. The summed E-state index contributed by atoms with van der Waals surface area (Å²) in [6.07, 6.45) is 5.88. The molecule has 0 fully saturated rings. The fourth-order valence-corrected chi connectivity index (χ4v) is 3.46. The van der Waals surface area contributed by atoms with Gasteiger partial charge in [-0.25, -0.2) is 0 Å². The van der Waals surface area contributed by atoms with Crippen molar-refractivity contribution in [1.29, 1.82) is 0 Å². The van der Waals surface area contributed by atoms with Gasteiger partial charge in [0.15, 0.2) is 0 Å². The summed E-state index contributed by atoms with van der Waals surface area (Å²) in [5.74, 6) is 0. The molecule has 29 heavy (non-hydrogen) atoms. The highest BCUT2D eigenvalue weighted by Gasteiger charge is 2.15. The van der Waals surface area contributed by atoms with Crippen LogP contribution in [-0.4, -0.2) is 0 Å². The summed E-state index contributed by atoms with van der Waals surface area (Å²) in [5, 5.41) is 0. The second-order valence-electron chi connectivity index (χ2n) is 6.74. The van der Waals surface area contributed by atoms with Crippen LogP contribution in [-0.2, 0) is 0 Å². The number of para-hydroxylation sites is 2. The zero-order valence-electron chi connectivity index (χ0n) is 16.3. The van der Waals surface area contributed by atoms with Gasteiger partial charge in [0.25, 0.3) is 0 Å². The van der Waals surface area contributed by atoms with Crippen LogP contribution >= 0.6 is 0 Å². The summed E-state index contributed by atoms with van der Waals surface area (Å²) in [5.41, 5.74) is 6.92. The predicted molar refractivity (Wildman–Crippen MR) is 126 cm³/mol. The van der Waals surface area contributed by atoms with Gasteiger partial charge in [-0.05, 0) is 47.0 Å². The Labute approximate surface area is 172 Å². The third-order valence-corrected chi connectivity index (χ3v) is 4.82. The molecular weight excluding hydrogens is 350 g/mol. The van der Waals surface area contributed by atoms with Crippen LogP contribution in [0.2, 0.25) is 0 Å². The molecule has 1 heteroatoms. The van der Waals surface area contributed by atoms with Gasteiger partial charge in [-0.3, -0.25) is 0 Å². The fourth-order valence-electron chi connectivity index (χ4n) is 3.46. The van der Waals surface area contributed by atoms with Crippen molar-refractivity contribution in [3.63, 3.8) is 0 Å². The van der Waals surface area contributed by atoms with Gasteiger partial charge in [0.05, 0.1) is 5.69 Å². The molecule has 0 atom stereocenters. The summed E-state index contributed by atoms with van der Waals surface area (Å²) in [6, 6.07) is 38.1. The Hall–Kier alpha value is -3.84. The van der Waals surface area contributed by atoms with E-state index in [1.165, 1.54) is 11.1 Å². The Morgan fingerprint density at radius 3 is 1.97 bits per heavy atom. The third-order valence-electron chi connectivity index (χ3n) is 4.82. The lowest BCUT2D eigenvalue weighted by Gasteiger charge is -2.27. The maximum atomic E-state index is 3.81. The highest BCUT2D eigenvalue weighted by molar-refractivity contribution is 5.84. The van der Waals surface area contributed by atoms with Crippen LogP contribution in [0.5, 0.6) is 0 Å². The average molecular weight is 373 g/mol. The van der Waals surface area contributed by atoms with Gasteiger partial charge in [-0.15, -0.1) is 0 Å². The van der Waals surface area contributed by atoms with Crippen LogP contribution in [0, 0.1) is 0 Å². The summed E-state index contributed by atoms with van der Waals surface area (Å²) >= 11 is 0. The van der Waals surface area contributed by atoms with Gasteiger partial charge in [0.1, 0.15) is 0 Å². The van der Waals surface area contributed by atoms with Crippen LogP contribution in [0.3, 0.4) is 0 Å². The molecule has 0 aliphatic rings. The number of allylic oxidation sites excluding steroid dienone is 2. The zero-order chi connectivity index (χ0) is 19.9. The normalized spacial score (nSPS) is 10.8. The summed E-state index contributed by atoms with van der Waals surface area (Å²) in [6.45, 7) is 3.81. The van der Waals surface area contributed by atoms with E-state index >= 15 is 0 Å². The minimum atomic E-state index is 1.12. The number of nitrogens with zero attached hydrogens (tertiary/aromatic N) is 1. The van der Waals surface area contributed by atoms with Crippen molar-refractivity contribution >= 4 is 23.1 Å². The lowest BCUT2D eigenvalue weighted by atomic mass is 10.0. The third kappa shape index (κ3) is 4.20. The molecule has 0 amide bonds. The molecule has 0 unspecified atom stereocenters. The molecule has 0 N–H and O–H groups in total. The van der Waals surface area contributed by atoms with Crippen LogP contribution < -0.4 is 4.90 Å². The van der Waals surface area contributed by atoms with E-state index in [0.29, 0.717) is 0 Å². The van der Waals surface area contributed by atoms with E-state index in [4.69, 9.17) is 0 Å². The lowest BCUT2D eigenvalue weighted by molar-refractivity contribution is 1.28. The highest BCUT2D eigenvalue weighted by Crippen LogP contribution is 2.38. The van der Waals surface area contributed by atoms with Crippen molar-refractivity contribution in [2.75, 3.05) is 4.90 Å². The SMILES string of the molecule is C=C/C=C\c1ccccc1N(c1ccccc1)c1cccc(-c2ccccc2)c1. The summed E-state index contributed by atoms with van der Waals surface area (Å²) in [4.78, 5) is 2.30. The first kappa shape index (κ1) is 18.5. The predicted octanol–water partition coefficient (Wildman–Crippen LogP) is 8.02. The standard InChI is InChI=1S/C28H23N/c1-2-3-13-24-16-10-11-21-28(24)29(26-18-8-5-9-19-26)27-20-12-17-25(22-27)23-14-6-4-7-15-23/h2-22H,1H2/b13-3-. The van der Waals surface area contributed by atoms with Gasteiger partial charge < -0.3 is 4.90 Å². The van der Waals surface area contributed by atoms with Crippen LogP contribution in [0.4, 0.5) is 17.1 Å². The smallest absolute Gasteiger partial charge is 0.0533 e. The molecule has 0 saturated carbocycles. The van der Waals surface area contributed by atoms with Crippen LogP contribution in [0.15, 0.2) is 128 Å². The molecule has 0 radical (unpaired) electrons. The summed E-state index contributed by atoms with van der Waals surface area (Å²) < 4.78 is 0. The van der Waals surface area contributed by atoms with Crippen molar-refractivity contribution < 1.29 is 0 Å². The summed E-state index contributed by atoms with van der Waals surface area (Å²) in [7, 11) is 0. The fraction of sp³-hybridized carbons (Fsp3) is 0. The van der Waals surface area contributed by atoms with Gasteiger partial charge in [-0.1, -0.05) is 104 Å².